The van der Waals surface area contributed by atoms with Gasteiger partial charge >= 0.3 is 0 Å². The number of nitrogens with zero attached hydrogens (tertiary/aromatic N) is 5. The third-order valence-corrected chi connectivity index (χ3v) is 4.33. The molecule has 3 heterocycles. The summed E-state index contributed by atoms with van der Waals surface area (Å²) >= 11 is 6.14. The summed E-state index contributed by atoms with van der Waals surface area (Å²) < 4.78 is 1.69. The first kappa shape index (κ1) is 16.2. The van der Waals surface area contributed by atoms with Crippen LogP contribution in [-0.4, -0.2) is 19.6 Å². The van der Waals surface area contributed by atoms with E-state index in [1.807, 2.05) is 44.2 Å². The van der Waals surface area contributed by atoms with E-state index in [0.717, 1.165) is 28.1 Å². The van der Waals surface area contributed by atoms with Gasteiger partial charge in [-0.25, -0.2) is 9.50 Å². The normalized spacial score (nSPS) is 10.8. The summed E-state index contributed by atoms with van der Waals surface area (Å²) in [6.45, 7) is 3.90. The number of aryl methyl sites for hydroxylation is 2. The maximum absolute atomic E-state index is 9.52. The largest absolute Gasteiger partial charge is 0.258 e. The van der Waals surface area contributed by atoms with E-state index in [1.54, 1.807) is 22.8 Å². The van der Waals surface area contributed by atoms with Crippen molar-refractivity contribution >= 4 is 17.2 Å². The average Bonchev–Trinajstić information content (AvgIpc) is 2.99. The van der Waals surface area contributed by atoms with E-state index in [0.29, 0.717) is 22.1 Å². The molecule has 0 aliphatic carbocycles. The van der Waals surface area contributed by atoms with Crippen LogP contribution < -0.4 is 0 Å². The first-order chi connectivity index (χ1) is 12.6. The number of rotatable bonds is 2. The van der Waals surface area contributed by atoms with Gasteiger partial charge in [-0.1, -0.05) is 29.8 Å². The van der Waals surface area contributed by atoms with E-state index < -0.39 is 0 Å². The Labute approximate surface area is 155 Å². The fraction of sp³-hybridized carbons (Fsp3) is 0.100. The molecule has 0 unspecified atom stereocenters. The molecule has 6 heteroatoms. The fourth-order valence-corrected chi connectivity index (χ4v) is 3.26. The van der Waals surface area contributed by atoms with Crippen molar-refractivity contribution in [2.75, 3.05) is 0 Å². The SMILES string of the molecule is Cc1cc(-c2c(-c3ccccc3C#N)nn3ccc(Cl)nc23)cc(C)n1. The molecule has 0 saturated heterocycles. The molecule has 5 nitrogen and oxygen atoms in total. The van der Waals surface area contributed by atoms with Gasteiger partial charge in [-0.15, -0.1) is 0 Å². The number of nitriles is 1. The second kappa shape index (κ2) is 6.25. The zero-order chi connectivity index (χ0) is 18.3. The fourth-order valence-electron chi connectivity index (χ4n) is 3.13. The van der Waals surface area contributed by atoms with E-state index in [1.165, 1.54) is 0 Å². The molecule has 4 aromatic rings. The number of fused-ring (bicyclic) bond motifs is 1. The molecule has 0 amide bonds. The number of halogens is 1. The predicted molar refractivity (Wildman–Crippen MR) is 101 cm³/mol. The lowest BCUT2D eigenvalue weighted by molar-refractivity contribution is 0.943. The number of pyridine rings is 1. The van der Waals surface area contributed by atoms with Crippen LogP contribution in [0.25, 0.3) is 28.0 Å². The molecular formula is C20H14ClN5. The Morgan fingerprint density at radius 2 is 1.77 bits per heavy atom. The van der Waals surface area contributed by atoms with E-state index in [-0.39, 0.29) is 0 Å². The summed E-state index contributed by atoms with van der Waals surface area (Å²) in [5.41, 5.74) is 6.25. The van der Waals surface area contributed by atoms with Gasteiger partial charge in [0.15, 0.2) is 5.65 Å². The highest BCUT2D eigenvalue weighted by atomic mass is 35.5. The number of aromatic nitrogens is 4. The van der Waals surface area contributed by atoms with Gasteiger partial charge in [-0.05, 0) is 43.7 Å². The van der Waals surface area contributed by atoms with Crippen molar-refractivity contribution in [1.29, 1.82) is 5.26 Å². The highest BCUT2D eigenvalue weighted by Gasteiger charge is 2.20. The van der Waals surface area contributed by atoms with Crippen LogP contribution >= 0.6 is 11.6 Å². The van der Waals surface area contributed by atoms with Crippen LogP contribution in [0, 0.1) is 25.2 Å². The van der Waals surface area contributed by atoms with E-state index >= 15 is 0 Å². The summed E-state index contributed by atoms with van der Waals surface area (Å²) in [5.74, 6) is 0. The Morgan fingerprint density at radius 3 is 2.50 bits per heavy atom. The third-order valence-electron chi connectivity index (χ3n) is 4.12. The van der Waals surface area contributed by atoms with Gasteiger partial charge in [0.2, 0.25) is 0 Å². The van der Waals surface area contributed by atoms with Gasteiger partial charge in [0.25, 0.3) is 0 Å². The minimum absolute atomic E-state index is 0.390. The van der Waals surface area contributed by atoms with Crippen molar-refractivity contribution in [2.24, 2.45) is 0 Å². The zero-order valence-corrected chi connectivity index (χ0v) is 15.0. The summed E-state index contributed by atoms with van der Waals surface area (Å²) in [7, 11) is 0. The third kappa shape index (κ3) is 2.71. The standard InChI is InChI=1S/C20H14ClN5/c1-12-9-15(10-13(2)23-12)18-19(16-6-4-3-5-14(16)11-22)25-26-8-7-17(21)24-20(18)26/h3-10H,1-2H3. The molecule has 0 saturated carbocycles. The van der Waals surface area contributed by atoms with Gasteiger partial charge < -0.3 is 0 Å². The molecule has 0 bridgehead atoms. The number of hydrogen-bond acceptors (Lipinski definition) is 4. The van der Waals surface area contributed by atoms with Crippen molar-refractivity contribution in [3.63, 3.8) is 0 Å². The molecule has 26 heavy (non-hydrogen) atoms. The molecule has 0 radical (unpaired) electrons. The Kier molecular flexibility index (Phi) is 3.90. The molecule has 0 spiro atoms. The van der Waals surface area contributed by atoms with Crippen LogP contribution in [0.2, 0.25) is 5.15 Å². The Morgan fingerprint density at radius 1 is 1.04 bits per heavy atom. The summed E-state index contributed by atoms with van der Waals surface area (Å²) in [5, 5.41) is 14.6. The van der Waals surface area contributed by atoms with Crippen LogP contribution in [0.15, 0.2) is 48.7 Å². The lowest BCUT2D eigenvalue weighted by Crippen LogP contribution is -1.91. The monoisotopic (exact) mass is 359 g/mol. The van der Waals surface area contributed by atoms with Crippen molar-refractivity contribution in [3.05, 3.63) is 70.8 Å². The van der Waals surface area contributed by atoms with Gasteiger partial charge in [0, 0.05) is 23.1 Å². The molecular weight excluding hydrogens is 346 g/mol. The molecule has 0 aliphatic rings. The van der Waals surface area contributed by atoms with Crippen molar-refractivity contribution in [2.45, 2.75) is 13.8 Å². The molecule has 4 rings (SSSR count). The highest BCUT2D eigenvalue weighted by molar-refractivity contribution is 6.29. The van der Waals surface area contributed by atoms with Crippen molar-refractivity contribution in [1.82, 2.24) is 19.6 Å². The van der Waals surface area contributed by atoms with E-state index in [4.69, 9.17) is 16.7 Å². The van der Waals surface area contributed by atoms with Crippen LogP contribution in [0.3, 0.4) is 0 Å². The molecule has 0 N–H and O–H groups in total. The first-order valence-corrected chi connectivity index (χ1v) is 8.44. The lowest BCUT2D eigenvalue weighted by atomic mass is 9.97. The minimum atomic E-state index is 0.390. The van der Waals surface area contributed by atoms with E-state index in [9.17, 15) is 5.26 Å². The zero-order valence-electron chi connectivity index (χ0n) is 14.2. The molecule has 0 atom stereocenters. The van der Waals surface area contributed by atoms with Crippen molar-refractivity contribution < 1.29 is 0 Å². The first-order valence-electron chi connectivity index (χ1n) is 8.07. The lowest BCUT2D eigenvalue weighted by Gasteiger charge is -2.07. The van der Waals surface area contributed by atoms with E-state index in [2.05, 4.69) is 16.0 Å². The highest BCUT2D eigenvalue weighted by Crippen LogP contribution is 2.36. The molecule has 1 aromatic carbocycles. The van der Waals surface area contributed by atoms with Crippen LogP contribution in [0.5, 0.6) is 0 Å². The minimum Gasteiger partial charge on any atom is -0.258 e. The predicted octanol–water partition coefficient (Wildman–Crippen LogP) is 4.60. The van der Waals surface area contributed by atoms with Gasteiger partial charge in [-0.2, -0.15) is 10.4 Å². The second-order valence-corrected chi connectivity index (χ2v) is 6.43. The maximum atomic E-state index is 9.52. The summed E-state index contributed by atoms with van der Waals surface area (Å²) in [6, 6.07) is 15.3. The smallest absolute Gasteiger partial charge is 0.165 e. The summed E-state index contributed by atoms with van der Waals surface area (Å²) in [4.78, 5) is 8.93. The maximum Gasteiger partial charge on any atom is 0.165 e. The Hall–Kier alpha value is -3.23. The number of benzene rings is 1. The van der Waals surface area contributed by atoms with Gasteiger partial charge in [-0.3, -0.25) is 4.98 Å². The Bertz CT molecular complexity index is 1170. The van der Waals surface area contributed by atoms with Crippen molar-refractivity contribution in [3.8, 4) is 28.5 Å². The quantitative estimate of drug-likeness (QED) is 0.490. The van der Waals surface area contributed by atoms with Gasteiger partial charge in [0.05, 0.1) is 17.2 Å². The number of hydrogen-bond donors (Lipinski definition) is 0. The molecule has 0 aliphatic heterocycles. The molecule has 3 aromatic heterocycles. The summed E-state index contributed by atoms with van der Waals surface area (Å²) in [6.07, 6.45) is 1.77. The molecule has 126 valence electrons. The van der Waals surface area contributed by atoms with Crippen LogP contribution in [-0.2, 0) is 0 Å². The topological polar surface area (TPSA) is 66.9 Å². The van der Waals surface area contributed by atoms with Crippen LogP contribution in [0.4, 0.5) is 0 Å². The molecule has 0 fully saturated rings. The Balaban J connectivity index is 2.12. The van der Waals surface area contributed by atoms with Crippen LogP contribution in [0.1, 0.15) is 17.0 Å². The average molecular weight is 360 g/mol. The van der Waals surface area contributed by atoms with Gasteiger partial charge in [0.1, 0.15) is 10.8 Å². The second-order valence-electron chi connectivity index (χ2n) is 6.04.